The SMILES string of the molecule is CC(C)=CC1=C(O)[C@@H](C)[C@@H]([C@H]2CCCO2)C1=O. The number of aliphatic hydroxyl groups is 1. The molecule has 1 aliphatic carbocycles. The average molecular weight is 236 g/mol. The van der Waals surface area contributed by atoms with E-state index in [1.54, 1.807) is 6.08 Å². The van der Waals surface area contributed by atoms with Crippen molar-refractivity contribution in [3.05, 3.63) is 23.0 Å². The molecule has 3 atom stereocenters. The van der Waals surface area contributed by atoms with Crippen molar-refractivity contribution in [3.63, 3.8) is 0 Å². The molecule has 94 valence electrons. The number of ether oxygens (including phenoxy) is 1. The Morgan fingerprint density at radius 1 is 1.47 bits per heavy atom. The van der Waals surface area contributed by atoms with Gasteiger partial charge in [-0.1, -0.05) is 12.5 Å². The normalized spacial score (nSPS) is 33.4. The second-order valence-electron chi connectivity index (χ2n) is 5.25. The quantitative estimate of drug-likeness (QED) is 0.802. The summed E-state index contributed by atoms with van der Waals surface area (Å²) in [6, 6.07) is 0. The maximum absolute atomic E-state index is 12.3. The number of ketones is 1. The third-order valence-corrected chi connectivity index (χ3v) is 3.61. The lowest BCUT2D eigenvalue weighted by Crippen LogP contribution is -2.29. The second kappa shape index (κ2) is 4.65. The molecule has 0 aromatic heterocycles. The molecule has 17 heavy (non-hydrogen) atoms. The maximum atomic E-state index is 12.3. The smallest absolute Gasteiger partial charge is 0.172 e. The molecule has 2 aliphatic rings. The molecule has 2 rings (SSSR count). The van der Waals surface area contributed by atoms with Crippen molar-refractivity contribution in [2.45, 2.75) is 39.7 Å². The van der Waals surface area contributed by atoms with Gasteiger partial charge in [-0.2, -0.15) is 0 Å². The number of Topliss-reactive ketones (excluding diaryl/α,β-unsaturated/α-hetero) is 1. The number of aliphatic hydroxyl groups excluding tert-OH is 1. The molecule has 1 fully saturated rings. The van der Waals surface area contributed by atoms with E-state index in [1.165, 1.54) is 0 Å². The van der Waals surface area contributed by atoms with Gasteiger partial charge >= 0.3 is 0 Å². The Balaban J connectivity index is 2.26. The topological polar surface area (TPSA) is 46.5 Å². The molecule has 0 aromatic rings. The van der Waals surface area contributed by atoms with Crippen molar-refractivity contribution in [1.82, 2.24) is 0 Å². The van der Waals surface area contributed by atoms with E-state index >= 15 is 0 Å². The minimum atomic E-state index is -0.192. The van der Waals surface area contributed by atoms with Crippen molar-refractivity contribution in [3.8, 4) is 0 Å². The van der Waals surface area contributed by atoms with Crippen molar-refractivity contribution in [1.29, 1.82) is 0 Å². The highest BCUT2D eigenvalue weighted by molar-refractivity contribution is 6.03. The second-order valence-corrected chi connectivity index (χ2v) is 5.25. The molecule has 0 aromatic carbocycles. The molecule has 0 saturated carbocycles. The van der Waals surface area contributed by atoms with Crippen LogP contribution in [0.5, 0.6) is 0 Å². The Morgan fingerprint density at radius 2 is 2.18 bits per heavy atom. The Kier molecular flexibility index (Phi) is 3.38. The highest BCUT2D eigenvalue weighted by atomic mass is 16.5. The zero-order valence-corrected chi connectivity index (χ0v) is 10.7. The number of hydrogen-bond donors (Lipinski definition) is 1. The van der Waals surface area contributed by atoms with Gasteiger partial charge in [-0.3, -0.25) is 4.79 Å². The first-order valence-corrected chi connectivity index (χ1v) is 6.26. The Labute approximate surface area is 102 Å². The van der Waals surface area contributed by atoms with E-state index in [2.05, 4.69) is 0 Å². The zero-order valence-electron chi connectivity index (χ0n) is 10.7. The Morgan fingerprint density at radius 3 is 2.71 bits per heavy atom. The molecule has 3 heteroatoms. The maximum Gasteiger partial charge on any atom is 0.172 e. The lowest BCUT2D eigenvalue weighted by Gasteiger charge is -2.20. The summed E-state index contributed by atoms with van der Waals surface area (Å²) in [7, 11) is 0. The molecule has 0 amide bonds. The van der Waals surface area contributed by atoms with Gasteiger partial charge in [0.15, 0.2) is 5.78 Å². The molecular formula is C14H20O3. The number of allylic oxidation sites excluding steroid dienone is 4. The van der Waals surface area contributed by atoms with Crippen LogP contribution in [0.3, 0.4) is 0 Å². The molecule has 0 spiro atoms. The van der Waals surface area contributed by atoms with Gasteiger partial charge in [-0.25, -0.2) is 0 Å². The molecule has 0 bridgehead atoms. The third-order valence-electron chi connectivity index (χ3n) is 3.61. The fraction of sp³-hybridized carbons (Fsp3) is 0.643. The van der Waals surface area contributed by atoms with E-state index in [0.29, 0.717) is 5.57 Å². The zero-order chi connectivity index (χ0) is 12.6. The number of hydrogen-bond acceptors (Lipinski definition) is 3. The molecular weight excluding hydrogens is 216 g/mol. The van der Waals surface area contributed by atoms with Gasteiger partial charge < -0.3 is 9.84 Å². The minimum absolute atomic E-state index is 0.0114. The summed E-state index contributed by atoms with van der Waals surface area (Å²) in [6.45, 7) is 6.50. The number of carbonyl (C=O) groups is 1. The number of rotatable bonds is 2. The van der Waals surface area contributed by atoms with Crippen LogP contribution in [0.2, 0.25) is 0 Å². The van der Waals surface area contributed by atoms with Crippen molar-refractivity contribution >= 4 is 5.78 Å². The van der Waals surface area contributed by atoms with Gasteiger partial charge in [0, 0.05) is 12.5 Å². The summed E-state index contributed by atoms with van der Waals surface area (Å²) >= 11 is 0. The summed E-state index contributed by atoms with van der Waals surface area (Å²) in [6.07, 6.45) is 3.71. The summed E-state index contributed by atoms with van der Waals surface area (Å²) in [5, 5.41) is 10.1. The molecule has 1 saturated heterocycles. The predicted octanol–water partition coefficient (Wildman–Crippen LogP) is 2.78. The first-order chi connectivity index (χ1) is 8.02. The Hall–Kier alpha value is -1.09. The van der Waals surface area contributed by atoms with Crippen LogP contribution in [0.1, 0.15) is 33.6 Å². The van der Waals surface area contributed by atoms with Crippen molar-refractivity contribution in [2.24, 2.45) is 11.8 Å². The first-order valence-electron chi connectivity index (χ1n) is 6.26. The third kappa shape index (κ3) is 2.16. The molecule has 1 aliphatic heterocycles. The van der Waals surface area contributed by atoms with Crippen molar-refractivity contribution in [2.75, 3.05) is 6.61 Å². The van der Waals surface area contributed by atoms with E-state index < -0.39 is 0 Å². The summed E-state index contributed by atoms with van der Waals surface area (Å²) in [4.78, 5) is 12.3. The van der Waals surface area contributed by atoms with Crippen LogP contribution in [0.25, 0.3) is 0 Å². The standard InChI is InChI=1S/C14H20O3/c1-8(2)7-10-13(15)9(3)12(14(10)16)11-5-4-6-17-11/h7,9,11-12,15H,4-6H2,1-3H3/t9-,11+,12-/m0/s1. The number of carbonyl (C=O) groups excluding carboxylic acids is 1. The van der Waals surface area contributed by atoms with E-state index in [1.807, 2.05) is 20.8 Å². The molecule has 0 unspecified atom stereocenters. The van der Waals surface area contributed by atoms with Crippen LogP contribution in [0.4, 0.5) is 0 Å². The minimum Gasteiger partial charge on any atom is -0.511 e. The van der Waals surface area contributed by atoms with Gasteiger partial charge in [-0.15, -0.1) is 0 Å². The van der Waals surface area contributed by atoms with Gasteiger partial charge in [0.2, 0.25) is 0 Å². The van der Waals surface area contributed by atoms with Gasteiger partial charge in [0.1, 0.15) is 5.76 Å². The molecule has 1 N–H and O–H groups in total. The largest absolute Gasteiger partial charge is 0.511 e. The Bertz CT molecular complexity index is 382. The molecule has 0 radical (unpaired) electrons. The van der Waals surface area contributed by atoms with Crippen LogP contribution in [-0.2, 0) is 9.53 Å². The lowest BCUT2D eigenvalue weighted by molar-refractivity contribution is -0.122. The average Bonchev–Trinajstić information content (AvgIpc) is 2.83. The molecule has 3 nitrogen and oxygen atoms in total. The van der Waals surface area contributed by atoms with Crippen LogP contribution in [0, 0.1) is 11.8 Å². The summed E-state index contributed by atoms with van der Waals surface area (Å²) in [5.74, 6) is -0.0286. The van der Waals surface area contributed by atoms with Crippen LogP contribution < -0.4 is 0 Å². The van der Waals surface area contributed by atoms with Crippen LogP contribution >= 0.6 is 0 Å². The van der Waals surface area contributed by atoms with Gasteiger partial charge in [0.25, 0.3) is 0 Å². The fourth-order valence-electron chi connectivity index (χ4n) is 2.76. The van der Waals surface area contributed by atoms with E-state index in [9.17, 15) is 9.90 Å². The van der Waals surface area contributed by atoms with Crippen LogP contribution in [0.15, 0.2) is 23.0 Å². The van der Waals surface area contributed by atoms with Crippen LogP contribution in [-0.4, -0.2) is 23.6 Å². The van der Waals surface area contributed by atoms with Crippen molar-refractivity contribution < 1.29 is 14.6 Å². The van der Waals surface area contributed by atoms with Gasteiger partial charge in [-0.05, 0) is 32.8 Å². The van der Waals surface area contributed by atoms with E-state index in [0.717, 1.165) is 25.0 Å². The summed E-state index contributed by atoms with van der Waals surface area (Å²) in [5.41, 5.74) is 1.51. The molecule has 1 heterocycles. The highest BCUT2D eigenvalue weighted by Crippen LogP contribution is 2.39. The first kappa shape index (κ1) is 12.4. The van der Waals surface area contributed by atoms with E-state index in [-0.39, 0.29) is 29.5 Å². The van der Waals surface area contributed by atoms with E-state index in [4.69, 9.17) is 4.74 Å². The summed E-state index contributed by atoms with van der Waals surface area (Å²) < 4.78 is 5.60. The predicted molar refractivity (Wildman–Crippen MR) is 65.7 cm³/mol. The van der Waals surface area contributed by atoms with Gasteiger partial charge in [0.05, 0.1) is 17.6 Å². The lowest BCUT2D eigenvalue weighted by atomic mass is 9.88. The fourth-order valence-corrected chi connectivity index (χ4v) is 2.76. The monoisotopic (exact) mass is 236 g/mol. The highest BCUT2D eigenvalue weighted by Gasteiger charge is 2.44.